The Hall–Kier alpha value is -1.64. The first-order valence-electron chi connectivity index (χ1n) is 3.85. The van der Waals surface area contributed by atoms with Gasteiger partial charge >= 0.3 is 6.01 Å². The monoisotopic (exact) mass is 177 g/mol. The molecule has 0 heterocycles. The lowest BCUT2D eigenvalue weighted by Gasteiger charge is -2.25. The fourth-order valence-electron chi connectivity index (χ4n) is 0.891. The molecule has 0 bridgehead atoms. The van der Waals surface area contributed by atoms with E-state index >= 15 is 0 Å². The Morgan fingerprint density at radius 2 is 1.92 bits per heavy atom. The minimum absolute atomic E-state index is 0.493. The van der Waals surface area contributed by atoms with Crippen LogP contribution in [-0.4, -0.2) is 17.7 Å². The third-order valence-corrected chi connectivity index (χ3v) is 1.69. The van der Waals surface area contributed by atoms with Crippen LogP contribution in [0.2, 0.25) is 0 Å². The maximum absolute atomic E-state index is 11.3. The summed E-state index contributed by atoms with van der Waals surface area (Å²) in [5.41, 5.74) is 1.59. The fourth-order valence-corrected chi connectivity index (χ4v) is 0.891. The van der Waals surface area contributed by atoms with Crippen molar-refractivity contribution in [2.45, 2.75) is 6.92 Å². The van der Waals surface area contributed by atoms with Crippen molar-refractivity contribution in [3.63, 3.8) is 0 Å². The van der Waals surface area contributed by atoms with Gasteiger partial charge in [-0.05, 0) is 19.1 Å². The number of aryl methyl sites for hydroxylation is 1. The van der Waals surface area contributed by atoms with Crippen LogP contribution in [0.3, 0.4) is 0 Å². The van der Waals surface area contributed by atoms with E-state index in [0.717, 1.165) is 10.2 Å². The number of anilines is 1. The standard InChI is InChI=1S/C9H11N3O/c1-8-3-5-9(6-4-8)12(13)11(2)7-10/h3-6,10H,1-2H3. The van der Waals surface area contributed by atoms with Gasteiger partial charge in [-0.15, -0.1) is 4.68 Å². The van der Waals surface area contributed by atoms with Crippen molar-refractivity contribution in [2.24, 2.45) is 0 Å². The summed E-state index contributed by atoms with van der Waals surface area (Å²) >= 11 is 0. The molecule has 0 fully saturated rings. The van der Waals surface area contributed by atoms with E-state index in [2.05, 4.69) is 0 Å². The number of hydrazine groups is 1. The molecule has 0 spiro atoms. The van der Waals surface area contributed by atoms with Crippen LogP contribution >= 0.6 is 0 Å². The van der Waals surface area contributed by atoms with Crippen molar-refractivity contribution in [2.75, 3.05) is 12.2 Å². The molecule has 0 aliphatic rings. The average Bonchev–Trinajstić information content (AvgIpc) is 2.17. The Balaban J connectivity index is 2.96. The quantitative estimate of drug-likeness (QED) is 0.424. The van der Waals surface area contributed by atoms with E-state index in [-0.39, 0.29) is 0 Å². The number of benzene rings is 1. The lowest BCUT2D eigenvalue weighted by atomic mass is 10.2. The molecule has 0 amide bonds. The van der Waals surface area contributed by atoms with Gasteiger partial charge in [0.15, 0.2) is 0 Å². The Kier molecular flexibility index (Phi) is 2.80. The topological polar surface area (TPSA) is 53.2 Å². The minimum atomic E-state index is 0.493. The molecule has 0 atom stereocenters. The summed E-state index contributed by atoms with van der Waals surface area (Å²) in [6.45, 7) is 1.95. The highest BCUT2D eigenvalue weighted by atomic mass is 16.5. The number of nitrogens with one attached hydrogen (secondary N) is 1. The summed E-state index contributed by atoms with van der Waals surface area (Å²) in [4.78, 5) is 0. The van der Waals surface area contributed by atoms with Crippen LogP contribution in [0.4, 0.5) is 5.69 Å². The molecule has 0 unspecified atom stereocenters. The van der Waals surface area contributed by atoms with Gasteiger partial charge in [0.2, 0.25) is 0 Å². The van der Waals surface area contributed by atoms with Crippen LogP contribution in [0.5, 0.6) is 0 Å². The Labute approximate surface area is 76.8 Å². The lowest BCUT2D eigenvalue weighted by Crippen LogP contribution is -2.25. The van der Waals surface area contributed by atoms with Gasteiger partial charge in [0.1, 0.15) is 7.05 Å². The molecule has 13 heavy (non-hydrogen) atoms. The van der Waals surface area contributed by atoms with Gasteiger partial charge < -0.3 is 5.21 Å². The normalized spacial score (nSPS) is 9.15. The summed E-state index contributed by atoms with van der Waals surface area (Å²) in [6, 6.07) is 9.07. The van der Waals surface area contributed by atoms with Crippen LogP contribution in [-0.2, 0) is 0 Å². The second-order valence-electron chi connectivity index (χ2n) is 2.74. The van der Waals surface area contributed by atoms with Crippen LogP contribution in [0.25, 0.3) is 0 Å². The molecule has 4 heteroatoms. The molecule has 0 saturated heterocycles. The second-order valence-corrected chi connectivity index (χ2v) is 2.74. The molecule has 0 saturated carbocycles. The van der Waals surface area contributed by atoms with Crippen molar-refractivity contribution < 1.29 is 4.68 Å². The average molecular weight is 177 g/mol. The van der Waals surface area contributed by atoms with Crippen molar-refractivity contribution in [3.8, 4) is 0 Å². The van der Waals surface area contributed by atoms with E-state index in [0.29, 0.717) is 10.9 Å². The summed E-state index contributed by atoms with van der Waals surface area (Å²) in [5.74, 6) is 0. The Morgan fingerprint density at radius 1 is 1.38 bits per heavy atom. The number of rotatable bonds is 2. The van der Waals surface area contributed by atoms with E-state index in [1.165, 1.54) is 7.05 Å². The number of hydrogen-bond donors (Lipinski definition) is 1. The van der Waals surface area contributed by atoms with Gasteiger partial charge in [0.05, 0.1) is 5.69 Å². The van der Waals surface area contributed by atoms with Gasteiger partial charge in [0, 0.05) is 0 Å². The molecule has 1 rings (SSSR count). The van der Waals surface area contributed by atoms with E-state index in [9.17, 15) is 5.21 Å². The first-order chi connectivity index (χ1) is 6.15. The van der Waals surface area contributed by atoms with Gasteiger partial charge in [-0.25, -0.2) is 0 Å². The predicted octanol–water partition coefficient (Wildman–Crippen LogP) is 1.61. The molecular weight excluding hydrogens is 166 g/mol. The smallest absolute Gasteiger partial charge is 0.329 e. The van der Waals surface area contributed by atoms with E-state index < -0.39 is 0 Å². The van der Waals surface area contributed by atoms with E-state index in [1.807, 2.05) is 25.1 Å². The molecule has 0 radical (unpaired) electrons. The maximum Gasteiger partial charge on any atom is 0.329 e. The summed E-state index contributed by atoms with van der Waals surface area (Å²) in [6.07, 6.45) is 0. The zero-order chi connectivity index (χ0) is 9.84. The lowest BCUT2D eigenvalue weighted by molar-refractivity contribution is -0.496. The molecule has 4 nitrogen and oxygen atoms in total. The van der Waals surface area contributed by atoms with Crippen LogP contribution in [0.1, 0.15) is 5.56 Å². The zero-order valence-electron chi connectivity index (χ0n) is 7.61. The first-order valence-corrected chi connectivity index (χ1v) is 3.85. The van der Waals surface area contributed by atoms with Gasteiger partial charge in [0.25, 0.3) is 0 Å². The van der Waals surface area contributed by atoms with E-state index in [1.54, 1.807) is 12.1 Å². The molecule has 0 aromatic heterocycles. The summed E-state index contributed by atoms with van der Waals surface area (Å²) in [5, 5.41) is 18.7. The van der Waals surface area contributed by atoms with Crippen molar-refractivity contribution >= 4 is 11.7 Å². The SMILES string of the molecule is Cc1ccc(N([O-])[N+](C)=C=N)cc1. The highest BCUT2D eigenvalue weighted by molar-refractivity contribution is 5.46. The molecular formula is C9H11N3O. The second kappa shape index (κ2) is 3.85. The van der Waals surface area contributed by atoms with E-state index in [4.69, 9.17) is 5.41 Å². The van der Waals surface area contributed by atoms with Crippen LogP contribution in [0.15, 0.2) is 24.3 Å². The third kappa shape index (κ3) is 2.15. The predicted molar refractivity (Wildman–Crippen MR) is 50.9 cm³/mol. The Morgan fingerprint density at radius 3 is 2.38 bits per heavy atom. The maximum atomic E-state index is 11.3. The van der Waals surface area contributed by atoms with Crippen molar-refractivity contribution in [1.82, 2.24) is 0 Å². The van der Waals surface area contributed by atoms with Crippen LogP contribution < -0.4 is 5.17 Å². The third-order valence-electron chi connectivity index (χ3n) is 1.69. The molecule has 68 valence electrons. The summed E-state index contributed by atoms with van der Waals surface area (Å²) in [7, 11) is 1.47. The van der Waals surface area contributed by atoms with Gasteiger partial charge in [-0.1, -0.05) is 23.1 Å². The highest BCUT2D eigenvalue weighted by Crippen LogP contribution is 2.12. The Bertz CT molecular complexity index is 338. The van der Waals surface area contributed by atoms with Crippen molar-refractivity contribution in [1.29, 1.82) is 5.41 Å². The molecule has 0 aliphatic carbocycles. The molecule has 0 aliphatic heterocycles. The molecule has 1 aromatic carbocycles. The number of hydrazone groups is 1. The summed E-state index contributed by atoms with van der Waals surface area (Å²) < 4.78 is 1.03. The minimum Gasteiger partial charge on any atom is -0.721 e. The largest absolute Gasteiger partial charge is 0.721 e. The van der Waals surface area contributed by atoms with Crippen LogP contribution in [0, 0.1) is 17.5 Å². The highest BCUT2D eigenvalue weighted by Gasteiger charge is 1.98. The zero-order valence-corrected chi connectivity index (χ0v) is 7.61. The first kappa shape index (κ1) is 9.45. The fraction of sp³-hybridized carbons (Fsp3) is 0.222. The number of nitrogens with zero attached hydrogens (tertiary/aromatic N) is 2. The molecule has 1 N–H and O–H groups in total. The molecule has 1 aromatic rings. The van der Waals surface area contributed by atoms with Gasteiger partial charge in [-0.2, -0.15) is 0 Å². The van der Waals surface area contributed by atoms with Gasteiger partial charge in [-0.3, -0.25) is 5.17 Å². The number of hydrogen-bond acceptors (Lipinski definition) is 3. The van der Waals surface area contributed by atoms with Crippen molar-refractivity contribution in [3.05, 3.63) is 35.0 Å².